The number of rotatable bonds is 2. The molecule has 0 radical (unpaired) electrons. The largest absolute Gasteiger partial charge is 0.387 e. The summed E-state index contributed by atoms with van der Waals surface area (Å²) in [5.41, 5.74) is 1.03. The lowest BCUT2D eigenvalue weighted by atomic mass is 9.96. The minimum Gasteiger partial charge on any atom is -0.387 e. The summed E-state index contributed by atoms with van der Waals surface area (Å²) in [6.07, 6.45) is 6.06. The number of piperidine rings is 1. The lowest BCUT2D eigenvalue weighted by molar-refractivity contribution is 0.136. The van der Waals surface area contributed by atoms with Crippen LogP contribution in [0.25, 0.3) is 0 Å². The highest BCUT2D eigenvalue weighted by atomic mass is 16.3. The van der Waals surface area contributed by atoms with Crippen molar-refractivity contribution in [2.45, 2.75) is 51.2 Å². The van der Waals surface area contributed by atoms with Crippen molar-refractivity contribution < 1.29 is 5.11 Å². The summed E-state index contributed by atoms with van der Waals surface area (Å²) < 4.78 is 2.28. The molecule has 18 heavy (non-hydrogen) atoms. The summed E-state index contributed by atoms with van der Waals surface area (Å²) in [4.78, 5) is 7.13. The normalized spacial score (nSPS) is 29.2. The zero-order valence-corrected chi connectivity index (χ0v) is 11.2. The topological polar surface area (TPSA) is 41.3 Å². The number of aromatic nitrogens is 2. The zero-order valence-electron chi connectivity index (χ0n) is 11.2. The van der Waals surface area contributed by atoms with Crippen molar-refractivity contribution in [3.63, 3.8) is 0 Å². The Balaban J connectivity index is 1.84. The molecule has 1 fully saturated rings. The summed E-state index contributed by atoms with van der Waals surface area (Å²) in [6, 6.07) is 0. The second kappa shape index (κ2) is 5.02. The van der Waals surface area contributed by atoms with E-state index in [2.05, 4.69) is 21.4 Å². The molecule has 0 aliphatic carbocycles. The van der Waals surface area contributed by atoms with Crippen molar-refractivity contribution in [2.75, 3.05) is 19.6 Å². The Hall–Kier alpha value is -0.870. The predicted molar refractivity (Wildman–Crippen MR) is 70.5 cm³/mol. The monoisotopic (exact) mass is 249 g/mol. The van der Waals surface area contributed by atoms with Gasteiger partial charge >= 0.3 is 0 Å². The van der Waals surface area contributed by atoms with Crippen LogP contribution in [0.2, 0.25) is 0 Å². The van der Waals surface area contributed by atoms with Crippen molar-refractivity contribution in [1.82, 2.24) is 14.5 Å². The molecule has 2 aliphatic rings. The fourth-order valence-corrected chi connectivity index (χ4v) is 3.38. The van der Waals surface area contributed by atoms with Crippen LogP contribution in [-0.4, -0.2) is 39.2 Å². The molecule has 0 bridgehead atoms. The van der Waals surface area contributed by atoms with E-state index < -0.39 is 0 Å². The maximum absolute atomic E-state index is 10.00. The molecule has 4 nitrogen and oxygen atoms in total. The Bertz CT molecular complexity index is 415. The average Bonchev–Trinajstić information content (AvgIpc) is 2.84. The van der Waals surface area contributed by atoms with Crippen molar-refractivity contribution in [2.24, 2.45) is 0 Å². The molecule has 1 N–H and O–H groups in total. The standard InChI is InChI=1S/C14H23N3O/c1-2-16-7-3-5-11(10-16)14-15-9-12-13(18)6-4-8-17(12)14/h9,11,13,18H,2-8,10H2,1H3. The maximum atomic E-state index is 10.00. The SMILES string of the molecule is CCN1CCCC(c2ncc3n2CCCC3O)C1. The number of likely N-dealkylation sites (N-methyl/N-ethyl adjacent to an activating group) is 1. The van der Waals surface area contributed by atoms with Crippen LogP contribution < -0.4 is 0 Å². The van der Waals surface area contributed by atoms with Gasteiger partial charge in [0.2, 0.25) is 0 Å². The van der Waals surface area contributed by atoms with Gasteiger partial charge in [-0.15, -0.1) is 0 Å². The molecule has 1 saturated heterocycles. The molecule has 3 rings (SSSR count). The molecular formula is C14H23N3O. The number of hydrogen-bond acceptors (Lipinski definition) is 3. The molecule has 2 unspecified atom stereocenters. The molecule has 2 aliphatic heterocycles. The molecule has 1 aromatic heterocycles. The van der Waals surface area contributed by atoms with Gasteiger partial charge in [0, 0.05) is 19.0 Å². The van der Waals surface area contributed by atoms with Crippen LogP contribution in [0.3, 0.4) is 0 Å². The van der Waals surface area contributed by atoms with Gasteiger partial charge in [-0.25, -0.2) is 4.98 Å². The third-order valence-electron chi connectivity index (χ3n) is 4.44. The van der Waals surface area contributed by atoms with Crippen molar-refractivity contribution in [3.8, 4) is 0 Å². The first-order chi connectivity index (χ1) is 8.79. The van der Waals surface area contributed by atoms with E-state index in [1.807, 2.05) is 6.20 Å². The second-order valence-electron chi connectivity index (χ2n) is 5.58. The summed E-state index contributed by atoms with van der Waals surface area (Å²) >= 11 is 0. The molecule has 0 saturated carbocycles. The van der Waals surface area contributed by atoms with Gasteiger partial charge in [-0.1, -0.05) is 6.92 Å². The number of likely N-dealkylation sites (tertiary alicyclic amines) is 1. The molecule has 0 spiro atoms. The minimum atomic E-state index is -0.300. The number of nitrogens with zero attached hydrogens (tertiary/aromatic N) is 3. The van der Waals surface area contributed by atoms with Gasteiger partial charge in [-0.3, -0.25) is 0 Å². The third kappa shape index (κ3) is 2.08. The highest BCUT2D eigenvalue weighted by molar-refractivity contribution is 5.14. The van der Waals surface area contributed by atoms with Gasteiger partial charge in [0.15, 0.2) is 0 Å². The molecule has 0 amide bonds. The van der Waals surface area contributed by atoms with E-state index in [0.29, 0.717) is 5.92 Å². The zero-order chi connectivity index (χ0) is 12.5. The summed E-state index contributed by atoms with van der Waals surface area (Å²) in [7, 11) is 0. The highest BCUT2D eigenvalue weighted by Gasteiger charge is 2.28. The van der Waals surface area contributed by atoms with Crippen LogP contribution in [0.4, 0.5) is 0 Å². The van der Waals surface area contributed by atoms with Gasteiger partial charge in [0.05, 0.1) is 18.0 Å². The van der Waals surface area contributed by atoms with E-state index >= 15 is 0 Å². The van der Waals surface area contributed by atoms with E-state index in [1.54, 1.807) is 0 Å². The maximum Gasteiger partial charge on any atom is 0.113 e. The fraction of sp³-hybridized carbons (Fsp3) is 0.786. The van der Waals surface area contributed by atoms with Crippen molar-refractivity contribution in [3.05, 3.63) is 17.7 Å². The molecule has 4 heteroatoms. The average molecular weight is 249 g/mol. The quantitative estimate of drug-likeness (QED) is 0.870. The van der Waals surface area contributed by atoms with Crippen LogP contribution in [0.1, 0.15) is 56.1 Å². The third-order valence-corrected chi connectivity index (χ3v) is 4.44. The Morgan fingerprint density at radius 2 is 2.17 bits per heavy atom. The van der Waals surface area contributed by atoms with Crippen molar-refractivity contribution >= 4 is 0 Å². The lowest BCUT2D eigenvalue weighted by Gasteiger charge is -2.32. The molecule has 100 valence electrons. The van der Waals surface area contributed by atoms with Crippen LogP contribution in [-0.2, 0) is 6.54 Å². The van der Waals surface area contributed by atoms with Gasteiger partial charge in [0.1, 0.15) is 5.82 Å². The van der Waals surface area contributed by atoms with Crippen LogP contribution in [0.5, 0.6) is 0 Å². The first-order valence-corrected chi connectivity index (χ1v) is 7.25. The second-order valence-corrected chi connectivity index (χ2v) is 5.58. The minimum absolute atomic E-state index is 0.300. The van der Waals surface area contributed by atoms with E-state index in [9.17, 15) is 5.11 Å². The number of fused-ring (bicyclic) bond motifs is 1. The number of imidazole rings is 1. The molecular weight excluding hydrogens is 226 g/mol. The van der Waals surface area contributed by atoms with Crippen LogP contribution >= 0.6 is 0 Å². The van der Waals surface area contributed by atoms with E-state index in [1.165, 1.54) is 25.2 Å². The first-order valence-electron chi connectivity index (χ1n) is 7.25. The van der Waals surface area contributed by atoms with E-state index in [0.717, 1.165) is 38.2 Å². The van der Waals surface area contributed by atoms with E-state index in [-0.39, 0.29) is 6.10 Å². The summed E-state index contributed by atoms with van der Waals surface area (Å²) in [6.45, 7) is 6.75. The first kappa shape index (κ1) is 12.2. The fourth-order valence-electron chi connectivity index (χ4n) is 3.38. The summed E-state index contributed by atoms with van der Waals surface area (Å²) in [5, 5.41) is 10.00. The number of aliphatic hydroxyl groups is 1. The predicted octanol–water partition coefficient (Wildman–Crippen LogP) is 1.91. The Labute approximate surface area is 109 Å². The van der Waals surface area contributed by atoms with Crippen LogP contribution in [0, 0.1) is 0 Å². The van der Waals surface area contributed by atoms with Crippen molar-refractivity contribution in [1.29, 1.82) is 0 Å². The summed E-state index contributed by atoms with van der Waals surface area (Å²) in [5.74, 6) is 1.76. The van der Waals surface area contributed by atoms with Gasteiger partial charge in [-0.2, -0.15) is 0 Å². The lowest BCUT2D eigenvalue weighted by Crippen LogP contribution is -2.35. The van der Waals surface area contributed by atoms with Crippen LogP contribution in [0.15, 0.2) is 6.20 Å². The molecule has 1 aromatic rings. The van der Waals surface area contributed by atoms with Gasteiger partial charge in [-0.05, 0) is 38.8 Å². The smallest absolute Gasteiger partial charge is 0.113 e. The highest BCUT2D eigenvalue weighted by Crippen LogP contribution is 2.32. The Morgan fingerprint density at radius 3 is 3.00 bits per heavy atom. The molecule has 3 heterocycles. The molecule has 0 aromatic carbocycles. The molecule has 2 atom stereocenters. The van der Waals surface area contributed by atoms with Gasteiger partial charge in [0.25, 0.3) is 0 Å². The van der Waals surface area contributed by atoms with Gasteiger partial charge < -0.3 is 14.6 Å². The number of hydrogen-bond donors (Lipinski definition) is 1. The number of aliphatic hydroxyl groups excluding tert-OH is 1. The Morgan fingerprint density at radius 1 is 1.33 bits per heavy atom. The van der Waals surface area contributed by atoms with E-state index in [4.69, 9.17) is 0 Å². The Kier molecular flexibility index (Phi) is 3.39.